The smallest absolute Gasteiger partial charge is 0.306 e. The van der Waals surface area contributed by atoms with Gasteiger partial charge in [-0.2, -0.15) is 0 Å². The van der Waals surface area contributed by atoms with Crippen molar-refractivity contribution in [2.45, 2.75) is 77.0 Å². The molecule has 46 heavy (non-hydrogen) atoms. The molecule has 1 unspecified atom stereocenters. The van der Waals surface area contributed by atoms with Gasteiger partial charge in [0.05, 0.1) is 36.9 Å². The second-order valence-corrected chi connectivity index (χ2v) is 13.6. The van der Waals surface area contributed by atoms with Gasteiger partial charge >= 0.3 is 5.97 Å². The fourth-order valence-electron chi connectivity index (χ4n) is 7.73. The van der Waals surface area contributed by atoms with Gasteiger partial charge in [0.25, 0.3) is 0 Å². The maximum Gasteiger partial charge on any atom is 0.306 e. The van der Waals surface area contributed by atoms with Crippen LogP contribution in [-0.4, -0.2) is 53.6 Å². The molecule has 0 amide bonds. The molecule has 3 atom stereocenters. The number of carboxylic acids is 1. The lowest BCUT2D eigenvalue weighted by atomic mass is 9.81. The van der Waals surface area contributed by atoms with Crippen LogP contribution in [0.3, 0.4) is 0 Å². The van der Waals surface area contributed by atoms with Crippen molar-refractivity contribution in [3.63, 3.8) is 0 Å². The van der Waals surface area contributed by atoms with Crippen LogP contribution in [0.1, 0.15) is 97.4 Å². The number of carboxylic acid groups (broad SMARTS) is 1. The van der Waals surface area contributed by atoms with Gasteiger partial charge < -0.3 is 19.5 Å². The first-order valence-corrected chi connectivity index (χ1v) is 17.0. The number of aromatic nitrogens is 2. The van der Waals surface area contributed by atoms with Crippen molar-refractivity contribution in [1.82, 2.24) is 9.97 Å². The second kappa shape index (κ2) is 14.2. The van der Waals surface area contributed by atoms with Crippen LogP contribution >= 0.6 is 0 Å². The van der Waals surface area contributed by atoms with Crippen LogP contribution in [0.4, 0.5) is 5.69 Å². The summed E-state index contributed by atoms with van der Waals surface area (Å²) < 4.78 is 11.8. The number of rotatable bonds is 13. The van der Waals surface area contributed by atoms with E-state index in [1.54, 1.807) is 20.2 Å². The summed E-state index contributed by atoms with van der Waals surface area (Å²) in [5.74, 6) is 1.07. The highest BCUT2D eigenvalue weighted by atomic mass is 16.5. The van der Waals surface area contributed by atoms with Gasteiger partial charge in [-0.25, -0.2) is 4.98 Å². The Balaban J connectivity index is 1.14. The number of hydrogen-bond acceptors (Lipinski definition) is 7. The van der Waals surface area contributed by atoms with Crippen LogP contribution < -0.4 is 14.4 Å². The minimum Gasteiger partial charge on any atom is -0.497 e. The van der Waals surface area contributed by atoms with Gasteiger partial charge in [0.15, 0.2) is 5.78 Å². The van der Waals surface area contributed by atoms with Crippen molar-refractivity contribution in [2.24, 2.45) is 23.7 Å². The Morgan fingerprint density at radius 3 is 2.41 bits per heavy atom. The molecule has 3 aromatic rings. The number of anilines is 1. The van der Waals surface area contributed by atoms with Gasteiger partial charge in [-0.1, -0.05) is 25.8 Å². The first-order chi connectivity index (χ1) is 22.3. The van der Waals surface area contributed by atoms with E-state index in [1.807, 2.05) is 55.5 Å². The molecular formula is C38H47N3O5. The molecule has 0 spiro atoms. The van der Waals surface area contributed by atoms with Crippen LogP contribution in [0.2, 0.25) is 0 Å². The molecule has 6 rings (SSSR count). The van der Waals surface area contributed by atoms with Crippen molar-refractivity contribution in [3.05, 3.63) is 77.2 Å². The summed E-state index contributed by atoms with van der Waals surface area (Å²) in [6.07, 6.45) is 10.2. The number of carbonyl (C=O) groups is 2. The van der Waals surface area contributed by atoms with Crippen LogP contribution in [0.5, 0.6) is 11.6 Å². The lowest BCUT2D eigenvalue weighted by Crippen LogP contribution is -2.37. The molecule has 244 valence electrons. The average molecular weight is 626 g/mol. The summed E-state index contributed by atoms with van der Waals surface area (Å²) in [6.45, 7) is 5.97. The van der Waals surface area contributed by atoms with Crippen LogP contribution in [0.25, 0.3) is 0 Å². The first-order valence-electron chi connectivity index (χ1n) is 17.0. The number of pyridine rings is 2. The number of aliphatic carboxylic acids is 1. The number of methoxy groups -OCH3 is 1. The lowest BCUT2D eigenvalue weighted by molar-refractivity contribution is -0.142. The minimum absolute atomic E-state index is 0.0131. The SMILES string of the molecule is COc1ccc(C(=O)C(c2cccc(C)n2)C2CCCC2)c(N2CCC(COc3cc([C@H](C4CC4)[C@@H](C)C(=O)O)ccn3)CC2)c1. The number of hydrogen-bond donors (Lipinski definition) is 1. The van der Waals surface area contributed by atoms with E-state index < -0.39 is 11.9 Å². The molecule has 1 aliphatic heterocycles. The fourth-order valence-corrected chi connectivity index (χ4v) is 7.73. The predicted octanol–water partition coefficient (Wildman–Crippen LogP) is 7.46. The van der Waals surface area contributed by atoms with Crippen molar-refractivity contribution in [1.29, 1.82) is 0 Å². The zero-order valence-corrected chi connectivity index (χ0v) is 27.4. The monoisotopic (exact) mass is 625 g/mol. The van der Waals surface area contributed by atoms with Gasteiger partial charge in [0.2, 0.25) is 5.88 Å². The van der Waals surface area contributed by atoms with Crippen LogP contribution in [-0.2, 0) is 4.79 Å². The van der Waals surface area contributed by atoms with Crippen LogP contribution in [0, 0.1) is 30.6 Å². The number of ether oxygens (including phenoxy) is 2. The molecule has 3 aliphatic rings. The van der Waals surface area contributed by atoms with E-state index in [-0.39, 0.29) is 17.6 Å². The number of piperidine rings is 1. The van der Waals surface area contributed by atoms with Crippen molar-refractivity contribution >= 4 is 17.4 Å². The summed E-state index contributed by atoms with van der Waals surface area (Å²) in [5.41, 5.74) is 4.51. The van der Waals surface area contributed by atoms with Gasteiger partial charge in [0.1, 0.15) is 5.75 Å². The number of nitrogens with zero attached hydrogens (tertiary/aromatic N) is 3. The summed E-state index contributed by atoms with van der Waals surface area (Å²) in [4.78, 5) is 37.8. The van der Waals surface area contributed by atoms with Crippen molar-refractivity contribution in [2.75, 3.05) is 31.7 Å². The number of carbonyl (C=O) groups excluding carboxylic acids is 1. The third-order valence-electron chi connectivity index (χ3n) is 10.5. The standard InChI is InChI=1S/C38H47N3O5/c1-24-7-6-10-32(40-24)36(27-8-4-5-9-27)37(42)31-14-13-30(45-3)22-33(31)41-19-16-26(17-20-41)23-46-34-21-29(15-18-39-34)35(28-11-12-28)25(2)38(43)44/h6-7,10,13-15,18,21-22,25-28,35-36H,4-5,8-9,11-12,16-17,19-20,23H2,1-3H3,(H,43,44)/t25-,35+,36?/m1/s1. The van der Waals surface area contributed by atoms with Crippen molar-refractivity contribution < 1.29 is 24.2 Å². The van der Waals surface area contributed by atoms with Crippen LogP contribution in [0.15, 0.2) is 54.7 Å². The van der Waals surface area contributed by atoms with E-state index in [1.165, 1.54) is 0 Å². The maximum atomic E-state index is 14.5. The molecule has 1 saturated heterocycles. The zero-order valence-electron chi connectivity index (χ0n) is 27.4. The van der Waals surface area contributed by atoms with Crippen molar-refractivity contribution in [3.8, 4) is 11.6 Å². The number of aryl methyl sites for hydroxylation is 1. The fraction of sp³-hybridized carbons (Fsp3) is 0.526. The molecule has 8 heteroatoms. The summed E-state index contributed by atoms with van der Waals surface area (Å²) in [6, 6.07) is 15.8. The second-order valence-electron chi connectivity index (χ2n) is 13.6. The molecule has 1 aromatic carbocycles. The Bertz CT molecular complexity index is 1520. The summed E-state index contributed by atoms with van der Waals surface area (Å²) in [7, 11) is 1.67. The Morgan fingerprint density at radius 2 is 1.74 bits per heavy atom. The third kappa shape index (κ3) is 7.21. The topological polar surface area (TPSA) is 102 Å². The third-order valence-corrected chi connectivity index (χ3v) is 10.5. The lowest BCUT2D eigenvalue weighted by Gasteiger charge is -2.35. The summed E-state index contributed by atoms with van der Waals surface area (Å²) >= 11 is 0. The quantitative estimate of drug-likeness (QED) is 0.195. The van der Waals surface area contributed by atoms with Gasteiger partial charge in [-0.05, 0) is 105 Å². The highest BCUT2D eigenvalue weighted by molar-refractivity contribution is 6.05. The molecule has 0 radical (unpaired) electrons. The highest BCUT2D eigenvalue weighted by Crippen LogP contribution is 2.47. The molecule has 0 bridgehead atoms. The van der Waals surface area contributed by atoms with Gasteiger partial charge in [-0.15, -0.1) is 0 Å². The Hall–Kier alpha value is -3.94. The predicted molar refractivity (Wildman–Crippen MR) is 178 cm³/mol. The minimum atomic E-state index is -0.760. The Kier molecular flexibility index (Phi) is 9.90. The van der Waals surface area contributed by atoms with E-state index in [4.69, 9.17) is 14.5 Å². The molecule has 2 aromatic heterocycles. The first kappa shape index (κ1) is 32.0. The van der Waals surface area contributed by atoms with E-state index >= 15 is 0 Å². The molecule has 3 heterocycles. The van der Waals surface area contributed by atoms with E-state index in [0.717, 1.165) is 98.4 Å². The Labute approximate surface area is 272 Å². The highest BCUT2D eigenvalue weighted by Gasteiger charge is 2.39. The number of Topliss-reactive ketones (excluding diaryl/α,β-unsaturated/α-hetero) is 1. The molecule has 3 fully saturated rings. The van der Waals surface area contributed by atoms with E-state index in [9.17, 15) is 14.7 Å². The molecule has 2 aliphatic carbocycles. The molecular weight excluding hydrogens is 578 g/mol. The largest absolute Gasteiger partial charge is 0.497 e. The average Bonchev–Trinajstić information content (AvgIpc) is 3.76. The zero-order chi connectivity index (χ0) is 32.2. The summed E-state index contributed by atoms with van der Waals surface area (Å²) in [5, 5.41) is 9.67. The van der Waals surface area contributed by atoms with Gasteiger partial charge in [-0.3, -0.25) is 14.6 Å². The molecule has 1 N–H and O–H groups in total. The van der Waals surface area contributed by atoms with E-state index in [2.05, 4.69) is 9.88 Å². The molecule has 2 saturated carbocycles. The van der Waals surface area contributed by atoms with E-state index in [0.29, 0.717) is 30.2 Å². The normalized spacial score (nSPS) is 19.4. The van der Waals surface area contributed by atoms with Gasteiger partial charge in [0, 0.05) is 42.7 Å². The molecule has 8 nitrogen and oxygen atoms in total. The number of benzene rings is 1. The number of ketones is 1. The maximum absolute atomic E-state index is 14.5. The Morgan fingerprint density at radius 1 is 0.978 bits per heavy atom.